The zero-order chi connectivity index (χ0) is 11.5. The summed E-state index contributed by atoms with van der Waals surface area (Å²) in [4.78, 5) is 24.2. The molecule has 0 radical (unpaired) electrons. The zero-order valence-electron chi connectivity index (χ0n) is 8.05. The molecule has 5 heteroatoms. The van der Waals surface area contributed by atoms with Gasteiger partial charge in [-0.25, -0.2) is 0 Å². The van der Waals surface area contributed by atoms with Gasteiger partial charge in [0.1, 0.15) is 4.83 Å². The van der Waals surface area contributed by atoms with Crippen LogP contribution in [0.3, 0.4) is 0 Å². The molecular weight excluding hydrogens is 308 g/mol. The molecule has 82 valence electrons. The van der Waals surface area contributed by atoms with Gasteiger partial charge in [0.2, 0.25) is 0 Å². The zero-order valence-corrected chi connectivity index (χ0v) is 11.3. The lowest BCUT2D eigenvalue weighted by Crippen LogP contribution is -2.23. The van der Waals surface area contributed by atoms with Crippen LogP contribution in [0.15, 0.2) is 35.0 Å². The van der Waals surface area contributed by atoms with E-state index in [1.165, 1.54) is 22.7 Å². The highest BCUT2D eigenvalue weighted by molar-refractivity contribution is 9.10. The molecule has 0 saturated heterocycles. The number of ketones is 2. The summed E-state index contributed by atoms with van der Waals surface area (Å²) in [5, 5.41) is 3.64. The summed E-state index contributed by atoms with van der Waals surface area (Å²) in [6, 6.07) is 7.05. The molecule has 16 heavy (non-hydrogen) atoms. The van der Waals surface area contributed by atoms with Crippen molar-refractivity contribution in [3.63, 3.8) is 0 Å². The van der Waals surface area contributed by atoms with Crippen LogP contribution in [-0.2, 0) is 0 Å². The monoisotopic (exact) mass is 314 g/mol. The van der Waals surface area contributed by atoms with E-state index in [4.69, 9.17) is 0 Å². The number of carbonyl (C=O) groups is 2. The average Bonchev–Trinajstić information content (AvgIpc) is 2.97. The smallest absolute Gasteiger partial charge is 0.194 e. The molecule has 0 atom stereocenters. The fraction of sp³-hybridized carbons (Fsp3) is 0.0909. The Hall–Kier alpha value is -0.780. The van der Waals surface area contributed by atoms with Crippen LogP contribution in [0.4, 0.5) is 0 Å². The van der Waals surface area contributed by atoms with E-state index < -0.39 is 4.83 Å². The van der Waals surface area contributed by atoms with Crippen molar-refractivity contribution in [2.75, 3.05) is 0 Å². The van der Waals surface area contributed by atoms with Gasteiger partial charge in [-0.1, -0.05) is 28.1 Å². The normalized spacial score (nSPS) is 10.6. The highest BCUT2D eigenvalue weighted by Crippen LogP contribution is 2.21. The lowest BCUT2D eigenvalue weighted by molar-refractivity contribution is 0.0911. The molecule has 0 unspecified atom stereocenters. The molecule has 2 rings (SSSR count). The SMILES string of the molecule is O=C(c1cccs1)C(Br)C(=O)c1cccs1. The van der Waals surface area contributed by atoms with E-state index >= 15 is 0 Å². The molecule has 0 aliphatic heterocycles. The van der Waals surface area contributed by atoms with E-state index in [1.54, 1.807) is 24.3 Å². The van der Waals surface area contributed by atoms with Crippen LogP contribution in [0.2, 0.25) is 0 Å². The van der Waals surface area contributed by atoms with Gasteiger partial charge >= 0.3 is 0 Å². The quantitative estimate of drug-likeness (QED) is 0.490. The molecule has 0 bridgehead atoms. The summed E-state index contributed by atoms with van der Waals surface area (Å²) < 4.78 is 0. The second-order valence-corrected chi connectivity index (χ2v) is 5.86. The molecule has 2 nitrogen and oxygen atoms in total. The van der Waals surface area contributed by atoms with Crippen molar-refractivity contribution in [3.05, 3.63) is 44.8 Å². The number of alkyl halides is 1. The lowest BCUT2D eigenvalue weighted by atomic mass is 10.1. The van der Waals surface area contributed by atoms with Gasteiger partial charge in [-0.05, 0) is 22.9 Å². The van der Waals surface area contributed by atoms with Crippen molar-refractivity contribution >= 4 is 50.2 Å². The van der Waals surface area contributed by atoms with Crippen molar-refractivity contribution in [1.29, 1.82) is 0 Å². The minimum atomic E-state index is -0.773. The standard InChI is InChI=1S/C11H7BrO2S2/c12-9(10(13)7-3-1-5-15-7)11(14)8-4-2-6-16-8/h1-6,9H. The Balaban J connectivity index is 2.17. The number of carbonyl (C=O) groups excluding carboxylic acids is 2. The van der Waals surface area contributed by atoms with Gasteiger partial charge in [-0.15, -0.1) is 22.7 Å². The van der Waals surface area contributed by atoms with Gasteiger partial charge in [0, 0.05) is 0 Å². The molecule has 0 fully saturated rings. The second-order valence-electron chi connectivity index (χ2n) is 3.05. The van der Waals surface area contributed by atoms with Crippen molar-refractivity contribution in [2.24, 2.45) is 0 Å². The third kappa shape index (κ3) is 2.31. The highest BCUT2D eigenvalue weighted by Gasteiger charge is 2.26. The number of hydrogen-bond donors (Lipinski definition) is 0. The third-order valence-corrected chi connectivity index (χ3v) is 4.59. The highest BCUT2D eigenvalue weighted by atomic mass is 79.9. The van der Waals surface area contributed by atoms with E-state index in [2.05, 4.69) is 15.9 Å². The van der Waals surface area contributed by atoms with Crippen molar-refractivity contribution in [3.8, 4) is 0 Å². The van der Waals surface area contributed by atoms with Crippen LogP contribution in [0.5, 0.6) is 0 Å². The van der Waals surface area contributed by atoms with Crippen LogP contribution in [0.1, 0.15) is 19.3 Å². The van der Waals surface area contributed by atoms with Gasteiger partial charge in [-0.2, -0.15) is 0 Å². The fourth-order valence-electron chi connectivity index (χ4n) is 1.21. The van der Waals surface area contributed by atoms with Gasteiger partial charge in [0.15, 0.2) is 11.6 Å². The summed E-state index contributed by atoms with van der Waals surface area (Å²) >= 11 is 5.86. The van der Waals surface area contributed by atoms with E-state index in [9.17, 15) is 9.59 Å². The Labute approximate surface area is 109 Å². The molecule has 2 aromatic heterocycles. The van der Waals surface area contributed by atoms with E-state index in [0.717, 1.165) is 0 Å². The van der Waals surface area contributed by atoms with Gasteiger partial charge in [-0.3, -0.25) is 9.59 Å². The van der Waals surface area contributed by atoms with Crippen LogP contribution in [-0.4, -0.2) is 16.4 Å². The molecule has 2 aromatic rings. The summed E-state index contributed by atoms with van der Waals surface area (Å²) in [5.74, 6) is -0.346. The number of halogens is 1. The maximum Gasteiger partial charge on any atom is 0.194 e. The predicted molar refractivity (Wildman–Crippen MR) is 70.0 cm³/mol. The Kier molecular flexibility index (Phi) is 3.68. The topological polar surface area (TPSA) is 34.1 Å². The van der Waals surface area contributed by atoms with Crippen LogP contribution in [0.25, 0.3) is 0 Å². The van der Waals surface area contributed by atoms with E-state index in [-0.39, 0.29) is 11.6 Å². The number of thiophene rings is 2. The third-order valence-electron chi connectivity index (χ3n) is 1.99. The maximum atomic E-state index is 11.9. The molecule has 0 aliphatic carbocycles. The number of hydrogen-bond acceptors (Lipinski definition) is 4. The first-order valence-corrected chi connectivity index (χ1v) is 7.17. The number of rotatable bonds is 4. The summed E-state index contributed by atoms with van der Waals surface area (Å²) in [6.07, 6.45) is 0. The molecule has 0 N–H and O–H groups in total. The Bertz CT molecular complexity index is 442. The largest absolute Gasteiger partial charge is 0.291 e. The van der Waals surface area contributed by atoms with Crippen LogP contribution in [0, 0.1) is 0 Å². The Morgan fingerprint density at radius 2 is 1.44 bits per heavy atom. The van der Waals surface area contributed by atoms with Crippen LogP contribution < -0.4 is 0 Å². The molecule has 0 saturated carbocycles. The average molecular weight is 315 g/mol. The summed E-state index contributed by atoms with van der Waals surface area (Å²) in [6.45, 7) is 0. The maximum absolute atomic E-state index is 11.9. The molecule has 0 aromatic carbocycles. The number of Topliss-reactive ketones (excluding diaryl/α,β-unsaturated/α-hetero) is 2. The van der Waals surface area contributed by atoms with E-state index in [1.807, 2.05) is 10.8 Å². The van der Waals surface area contributed by atoms with Crippen molar-refractivity contribution in [1.82, 2.24) is 0 Å². The Morgan fingerprint density at radius 3 is 1.75 bits per heavy atom. The van der Waals surface area contributed by atoms with E-state index in [0.29, 0.717) is 9.75 Å². The first-order chi connectivity index (χ1) is 7.70. The second kappa shape index (κ2) is 5.03. The van der Waals surface area contributed by atoms with Gasteiger partial charge in [0.25, 0.3) is 0 Å². The first-order valence-electron chi connectivity index (χ1n) is 4.49. The van der Waals surface area contributed by atoms with Gasteiger partial charge in [0.05, 0.1) is 9.75 Å². The summed E-state index contributed by atoms with van der Waals surface area (Å²) in [5.41, 5.74) is 0. The van der Waals surface area contributed by atoms with Crippen LogP contribution >= 0.6 is 38.6 Å². The van der Waals surface area contributed by atoms with Crippen molar-refractivity contribution < 1.29 is 9.59 Å². The van der Waals surface area contributed by atoms with Crippen molar-refractivity contribution in [2.45, 2.75) is 4.83 Å². The molecule has 0 amide bonds. The molecule has 2 heterocycles. The minimum Gasteiger partial charge on any atom is -0.291 e. The molecule has 0 aliphatic rings. The summed E-state index contributed by atoms with van der Waals surface area (Å²) in [7, 11) is 0. The minimum absolute atomic E-state index is 0.173. The molecular formula is C11H7BrO2S2. The first kappa shape index (κ1) is 11.7. The predicted octanol–water partition coefficient (Wildman–Crippen LogP) is 3.64. The Morgan fingerprint density at radius 1 is 1.00 bits per heavy atom. The van der Waals surface area contributed by atoms with Gasteiger partial charge < -0.3 is 0 Å². The lowest BCUT2D eigenvalue weighted by Gasteiger charge is -2.04. The fourth-order valence-corrected chi connectivity index (χ4v) is 3.39. The molecule has 0 spiro atoms.